The fourth-order valence-corrected chi connectivity index (χ4v) is 2.74. The third-order valence-corrected chi connectivity index (χ3v) is 4.14. The van der Waals surface area contributed by atoms with Gasteiger partial charge in [-0.1, -0.05) is 42.5 Å². The molecule has 7 heteroatoms. The number of hydrogen-bond donors (Lipinski definition) is 2. The van der Waals surface area contributed by atoms with Gasteiger partial charge in [0.05, 0.1) is 4.92 Å². The van der Waals surface area contributed by atoms with Crippen molar-refractivity contribution in [2.24, 2.45) is 0 Å². The maximum Gasteiger partial charge on any atom is 0.295 e. The third-order valence-electron chi connectivity index (χ3n) is 4.14. The lowest BCUT2D eigenvalue weighted by atomic mass is 10.1. The van der Waals surface area contributed by atoms with Crippen LogP contribution in [0.4, 0.5) is 11.5 Å². The van der Waals surface area contributed by atoms with E-state index in [1.54, 1.807) is 30.3 Å². The van der Waals surface area contributed by atoms with Crippen LogP contribution in [0.15, 0.2) is 66.7 Å². The predicted molar refractivity (Wildman–Crippen MR) is 108 cm³/mol. The normalized spacial score (nSPS) is 10.3. The molecule has 0 bridgehead atoms. The first-order valence-corrected chi connectivity index (χ1v) is 8.90. The second kappa shape index (κ2) is 8.77. The number of nitrogens with zero attached hydrogens (tertiary/aromatic N) is 2. The summed E-state index contributed by atoms with van der Waals surface area (Å²) in [4.78, 5) is 27.1. The average molecular weight is 376 g/mol. The van der Waals surface area contributed by atoms with E-state index in [2.05, 4.69) is 15.6 Å². The van der Waals surface area contributed by atoms with Gasteiger partial charge in [0.2, 0.25) is 0 Å². The van der Waals surface area contributed by atoms with E-state index in [4.69, 9.17) is 0 Å². The topological polar surface area (TPSA) is 97.2 Å². The molecule has 0 aliphatic carbocycles. The Hall–Kier alpha value is -3.74. The van der Waals surface area contributed by atoms with E-state index in [-0.39, 0.29) is 11.6 Å². The zero-order chi connectivity index (χ0) is 19.9. The van der Waals surface area contributed by atoms with Gasteiger partial charge < -0.3 is 10.6 Å². The molecule has 0 atom stereocenters. The van der Waals surface area contributed by atoms with E-state index in [0.29, 0.717) is 35.7 Å². The highest BCUT2D eigenvalue weighted by Gasteiger charge is 2.17. The van der Waals surface area contributed by atoms with Gasteiger partial charge in [0, 0.05) is 30.3 Å². The second-order valence-corrected chi connectivity index (χ2v) is 6.10. The van der Waals surface area contributed by atoms with Crippen LogP contribution in [0, 0.1) is 10.1 Å². The highest BCUT2D eigenvalue weighted by molar-refractivity contribution is 5.94. The standard InChI is InChI=1S/C21H20N4O3/c1-2-22-21(26)17-10-8-15(9-11-17)14-23-19-13-12-18(25(27)28)20(24-19)16-6-4-3-5-7-16/h3-13H,2,14H2,1H3,(H,22,26)(H,23,24). The molecule has 142 valence electrons. The first kappa shape index (κ1) is 19.0. The molecule has 1 aromatic heterocycles. The monoisotopic (exact) mass is 376 g/mol. The molecule has 0 aliphatic rings. The summed E-state index contributed by atoms with van der Waals surface area (Å²) in [5.74, 6) is 0.434. The third kappa shape index (κ3) is 4.50. The van der Waals surface area contributed by atoms with Gasteiger partial charge in [-0.3, -0.25) is 14.9 Å². The van der Waals surface area contributed by atoms with Gasteiger partial charge in [0.25, 0.3) is 11.6 Å². The van der Waals surface area contributed by atoms with Gasteiger partial charge in [-0.15, -0.1) is 0 Å². The Morgan fingerprint density at radius 2 is 1.75 bits per heavy atom. The molecule has 0 spiro atoms. The van der Waals surface area contributed by atoms with Crippen molar-refractivity contribution in [2.75, 3.05) is 11.9 Å². The highest BCUT2D eigenvalue weighted by atomic mass is 16.6. The van der Waals surface area contributed by atoms with E-state index in [1.165, 1.54) is 6.07 Å². The first-order valence-electron chi connectivity index (χ1n) is 8.90. The van der Waals surface area contributed by atoms with Gasteiger partial charge in [0.1, 0.15) is 5.82 Å². The van der Waals surface area contributed by atoms with Gasteiger partial charge in [0.15, 0.2) is 5.69 Å². The fraction of sp³-hybridized carbons (Fsp3) is 0.143. The molecule has 0 aliphatic heterocycles. The lowest BCUT2D eigenvalue weighted by molar-refractivity contribution is -0.384. The van der Waals surface area contributed by atoms with Crippen LogP contribution in [0.2, 0.25) is 0 Å². The molecule has 3 rings (SSSR count). The quantitative estimate of drug-likeness (QED) is 0.479. The number of amides is 1. The molecule has 0 saturated carbocycles. The SMILES string of the molecule is CCNC(=O)c1ccc(CNc2ccc([N+](=O)[O-])c(-c3ccccc3)n2)cc1. The molecule has 3 aromatic rings. The molecule has 2 N–H and O–H groups in total. The van der Waals surface area contributed by atoms with Crippen molar-refractivity contribution in [2.45, 2.75) is 13.5 Å². The van der Waals surface area contributed by atoms with Crippen LogP contribution in [0.5, 0.6) is 0 Å². The van der Waals surface area contributed by atoms with Gasteiger partial charge in [-0.25, -0.2) is 4.98 Å². The molecule has 28 heavy (non-hydrogen) atoms. The largest absolute Gasteiger partial charge is 0.366 e. The van der Waals surface area contributed by atoms with Crippen LogP contribution < -0.4 is 10.6 Å². The van der Waals surface area contributed by atoms with Crippen molar-refractivity contribution in [3.05, 3.63) is 88.0 Å². The summed E-state index contributed by atoms with van der Waals surface area (Å²) in [5, 5.41) is 17.3. The Morgan fingerprint density at radius 3 is 2.39 bits per heavy atom. The Kier molecular flexibility index (Phi) is 5.96. The summed E-state index contributed by atoms with van der Waals surface area (Å²) < 4.78 is 0. The number of carbonyl (C=O) groups is 1. The molecule has 0 radical (unpaired) electrons. The van der Waals surface area contributed by atoms with Gasteiger partial charge in [-0.2, -0.15) is 0 Å². The summed E-state index contributed by atoms with van der Waals surface area (Å²) in [6.07, 6.45) is 0. The Balaban J connectivity index is 1.76. The van der Waals surface area contributed by atoms with Crippen LogP contribution in [-0.4, -0.2) is 22.4 Å². The molecule has 7 nitrogen and oxygen atoms in total. The van der Waals surface area contributed by atoms with E-state index >= 15 is 0 Å². The molecule has 0 fully saturated rings. The number of aromatic nitrogens is 1. The Morgan fingerprint density at radius 1 is 1.04 bits per heavy atom. The molecular weight excluding hydrogens is 356 g/mol. The van der Waals surface area contributed by atoms with Crippen LogP contribution in [0.25, 0.3) is 11.3 Å². The fourth-order valence-electron chi connectivity index (χ4n) is 2.74. The van der Waals surface area contributed by atoms with Crippen molar-refractivity contribution < 1.29 is 9.72 Å². The maximum atomic E-state index is 11.8. The number of nitrogens with one attached hydrogen (secondary N) is 2. The average Bonchev–Trinajstić information content (AvgIpc) is 2.73. The van der Waals surface area contributed by atoms with Crippen molar-refractivity contribution in [1.29, 1.82) is 0 Å². The minimum atomic E-state index is -0.431. The van der Waals surface area contributed by atoms with Crippen LogP contribution in [0.1, 0.15) is 22.8 Å². The molecule has 1 amide bonds. The summed E-state index contributed by atoms with van der Waals surface area (Å²) in [6.45, 7) is 2.93. The number of pyridine rings is 1. The number of anilines is 1. The van der Waals surface area contributed by atoms with Gasteiger partial charge >= 0.3 is 0 Å². The van der Waals surface area contributed by atoms with E-state index < -0.39 is 4.92 Å². The van der Waals surface area contributed by atoms with Crippen molar-refractivity contribution in [1.82, 2.24) is 10.3 Å². The molecule has 2 aromatic carbocycles. The second-order valence-electron chi connectivity index (χ2n) is 6.10. The van der Waals surface area contributed by atoms with Crippen LogP contribution in [0.3, 0.4) is 0 Å². The van der Waals surface area contributed by atoms with Crippen LogP contribution in [-0.2, 0) is 6.54 Å². The molecular formula is C21H20N4O3. The van der Waals surface area contributed by atoms with Crippen molar-refractivity contribution in [3.63, 3.8) is 0 Å². The molecule has 1 heterocycles. The number of nitro groups is 1. The predicted octanol–water partition coefficient (Wildman–Crippen LogP) is 4.02. The smallest absolute Gasteiger partial charge is 0.295 e. The summed E-state index contributed by atoms with van der Waals surface area (Å²) in [6, 6.07) is 19.4. The number of rotatable bonds is 7. The van der Waals surface area contributed by atoms with E-state index in [9.17, 15) is 14.9 Å². The summed E-state index contributed by atoms with van der Waals surface area (Å²) >= 11 is 0. The number of hydrogen-bond acceptors (Lipinski definition) is 5. The Labute approximate surface area is 162 Å². The number of carbonyl (C=O) groups excluding carboxylic acids is 1. The number of benzene rings is 2. The first-order chi connectivity index (χ1) is 13.6. The van der Waals surface area contributed by atoms with Crippen molar-refractivity contribution in [3.8, 4) is 11.3 Å². The summed E-state index contributed by atoms with van der Waals surface area (Å²) in [5.41, 5.74) is 2.54. The van der Waals surface area contributed by atoms with E-state index in [0.717, 1.165) is 5.56 Å². The molecule has 0 unspecified atom stereocenters. The minimum Gasteiger partial charge on any atom is -0.366 e. The van der Waals surface area contributed by atoms with E-state index in [1.807, 2.05) is 37.3 Å². The molecule has 0 saturated heterocycles. The zero-order valence-electron chi connectivity index (χ0n) is 15.4. The summed E-state index contributed by atoms with van der Waals surface area (Å²) in [7, 11) is 0. The van der Waals surface area contributed by atoms with Crippen LogP contribution >= 0.6 is 0 Å². The van der Waals surface area contributed by atoms with Crippen molar-refractivity contribution >= 4 is 17.4 Å². The van der Waals surface area contributed by atoms with Gasteiger partial charge in [-0.05, 0) is 30.7 Å². The Bertz CT molecular complexity index is 973. The highest BCUT2D eigenvalue weighted by Crippen LogP contribution is 2.29. The lowest BCUT2D eigenvalue weighted by Crippen LogP contribution is -2.22. The zero-order valence-corrected chi connectivity index (χ0v) is 15.4. The maximum absolute atomic E-state index is 11.8. The minimum absolute atomic E-state index is 0.0389. The lowest BCUT2D eigenvalue weighted by Gasteiger charge is -2.09.